The van der Waals surface area contributed by atoms with Gasteiger partial charge >= 0.3 is 5.97 Å². The molecule has 1 aromatic rings. The number of carbonyl (C=O) groups excluding carboxylic acids is 2. The molecule has 100 valence electrons. The molecule has 4 nitrogen and oxygen atoms in total. The summed E-state index contributed by atoms with van der Waals surface area (Å²) < 4.78 is 6.63. The molecule has 0 radical (unpaired) electrons. The predicted octanol–water partition coefficient (Wildman–Crippen LogP) is 2.60. The first-order valence-electron chi connectivity index (χ1n) is 5.54. The Morgan fingerprint density at radius 3 is 2.79 bits per heavy atom. The Hall–Kier alpha value is -1.46. The monoisotopic (exact) mass is 297 g/mol. The second kappa shape index (κ2) is 5.67. The van der Waals surface area contributed by atoms with E-state index in [1.807, 2.05) is 12.1 Å². The fourth-order valence-electron chi connectivity index (χ4n) is 1.93. The van der Waals surface area contributed by atoms with E-state index in [1.54, 1.807) is 22.7 Å². The smallest absolute Gasteiger partial charge is 0.331 e. The van der Waals surface area contributed by atoms with Gasteiger partial charge in [0.1, 0.15) is 6.04 Å². The Balaban J connectivity index is 2.29. The molecule has 0 N–H and O–H groups in total. The zero-order chi connectivity index (χ0) is 14.0. The van der Waals surface area contributed by atoms with Crippen LogP contribution in [0.1, 0.15) is 11.6 Å². The number of ether oxygens (including phenoxy) is 1. The van der Waals surface area contributed by atoms with Crippen molar-refractivity contribution in [2.45, 2.75) is 12.1 Å². The number of nitrogens with zero attached hydrogens (tertiary/aromatic N) is 1. The van der Waals surface area contributed by atoms with Crippen LogP contribution in [0.3, 0.4) is 0 Å². The van der Waals surface area contributed by atoms with Crippen molar-refractivity contribution in [2.75, 3.05) is 6.26 Å². The van der Waals surface area contributed by atoms with Gasteiger partial charge in [0.2, 0.25) is 6.10 Å². The molecule has 0 aliphatic carbocycles. The number of carbonyl (C=O) groups is 2. The van der Waals surface area contributed by atoms with E-state index >= 15 is 0 Å². The highest BCUT2D eigenvalue weighted by Crippen LogP contribution is 2.43. The summed E-state index contributed by atoms with van der Waals surface area (Å²) in [5.41, 5.74) is 0.764. The summed E-state index contributed by atoms with van der Waals surface area (Å²) in [5.74, 6) is -0.858. The van der Waals surface area contributed by atoms with Gasteiger partial charge < -0.3 is 4.74 Å². The van der Waals surface area contributed by atoms with Gasteiger partial charge in [-0.15, -0.1) is 0 Å². The Bertz CT molecular complexity index is 534. The molecule has 0 spiro atoms. The van der Waals surface area contributed by atoms with Crippen molar-refractivity contribution in [1.82, 2.24) is 4.31 Å². The molecule has 19 heavy (non-hydrogen) atoms. The van der Waals surface area contributed by atoms with Gasteiger partial charge in [0, 0.05) is 17.4 Å². The van der Waals surface area contributed by atoms with Crippen LogP contribution in [-0.2, 0) is 14.3 Å². The molecular weight excluding hydrogens is 286 g/mol. The first-order chi connectivity index (χ1) is 9.10. The van der Waals surface area contributed by atoms with E-state index < -0.39 is 12.1 Å². The van der Waals surface area contributed by atoms with Crippen LogP contribution in [0.2, 0.25) is 5.02 Å². The number of esters is 1. The van der Waals surface area contributed by atoms with Crippen LogP contribution in [0.15, 0.2) is 36.9 Å². The van der Waals surface area contributed by atoms with Gasteiger partial charge in [-0.3, -0.25) is 9.10 Å². The van der Waals surface area contributed by atoms with Crippen LogP contribution in [0, 0.1) is 0 Å². The first kappa shape index (κ1) is 14.0. The minimum Gasteiger partial charge on any atom is -0.446 e. The standard InChI is InChI=1S/C13H12ClNO3S/c1-3-10(16)18-12-11(15(19-2)13(12)17)8-6-4-5-7-9(8)14/h3-7,11-12H,1H2,2H3/t11-,12+/m1/s1. The van der Waals surface area contributed by atoms with E-state index in [0.717, 1.165) is 11.6 Å². The van der Waals surface area contributed by atoms with E-state index in [-0.39, 0.29) is 11.9 Å². The highest BCUT2D eigenvalue weighted by atomic mass is 35.5. The van der Waals surface area contributed by atoms with Crippen LogP contribution in [-0.4, -0.2) is 28.5 Å². The summed E-state index contributed by atoms with van der Waals surface area (Å²) in [6, 6.07) is 6.83. The van der Waals surface area contributed by atoms with Gasteiger partial charge in [-0.2, -0.15) is 0 Å². The lowest BCUT2D eigenvalue weighted by Crippen LogP contribution is -2.57. The van der Waals surface area contributed by atoms with Crippen molar-refractivity contribution < 1.29 is 14.3 Å². The van der Waals surface area contributed by atoms with Crippen LogP contribution < -0.4 is 0 Å². The molecule has 1 heterocycles. The van der Waals surface area contributed by atoms with Crippen LogP contribution in [0.25, 0.3) is 0 Å². The molecule has 0 aromatic heterocycles. The van der Waals surface area contributed by atoms with Crippen molar-refractivity contribution in [3.8, 4) is 0 Å². The SMILES string of the molecule is C=CC(=O)O[C@@H]1C(=O)N(SC)[C@@H]1c1ccccc1Cl. The molecule has 0 unspecified atom stereocenters. The summed E-state index contributed by atoms with van der Waals surface area (Å²) in [5, 5.41) is 0.540. The summed E-state index contributed by atoms with van der Waals surface area (Å²) >= 11 is 7.41. The van der Waals surface area contributed by atoms with E-state index in [4.69, 9.17) is 16.3 Å². The summed E-state index contributed by atoms with van der Waals surface area (Å²) in [6.45, 7) is 3.32. The van der Waals surface area contributed by atoms with Crippen LogP contribution in [0.4, 0.5) is 0 Å². The minimum absolute atomic E-state index is 0.243. The predicted molar refractivity (Wildman–Crippen MR) is 74.6 cm³/mol. The van der Waals surface area contributed by atoms with Crippen molar-refractivity contribution in [3.63, 3.8) is 0 Å². The molecule has 1 aliphatic rings. The van der Waals surface area contributed by atoms with Crippen LogP contribution >= 0.6 is 23.5 Å². The van der Waals surface area contributed by atoms with Gasteiger partial charge in [0.05, 0.1) is 0 Å². The lowest BCUT2D eigenvalue weighted by atomic mass is 9.93. The molecule has 1 fully saturated rings. The fraction of sp³-hybridized carbons (Fsp3) is 0.231. The summed E-state index contributed by atoms with van der Waals surface area (Å²) in [7, 11) is 0. The molecule has 6 heteroatoms. The van der Waals surface area contributed by atoms with Gasteiger partial charge in [0.15, 0.2) is 0 Å². The number of hydrogen-bond donors (Lipinski definition) is 0. The van der Waals surface area contributed by atoms with Crippen molar-refractivity contribution >= 4 is 35.4 Å². The third-order valence-corrected chi connectivity index (χ3v) is 3.98. The maximum atomic E-state index is 11.9. The third-order valence-electron chi connectivity index (χ3n) is 2.83. The molecule has 1 amide bonds. The second-order valence-corrected chi connectivity index (χ2v) is 5.04. The lowest BCUT2D eigenvalue weighted by Gasteiger charge is -2.44. The average Bonchev–Trinajstić information content (AvgIpc) is 2.42. The molecule has 1 aliphatic heterocycles. The number of benzene rings is 1. The minimum atomic E-state index is -0.835. The lowest BCUT2D eigenvalue weighted by molar-refractivity contribution is -0.171. The van der Waals surface area contributed by atoms with E-state index in [9.17, 15) is 9.59 Å². The number of rotatable bonds is 4. The maximum absolute atomic E-state index is 11.9. The Labute approximate surface area is 120 Å². The van der Waals surface area contributed by atoms with Crippen molar-refractivity contribution in [2.24, 2.45) is 0 Å². The summed E-state index contributed by atoms with van der Waals surface area (Å²) in [6.07, 6.45) is 1.99. The number of β-lactam (4-membered cyclic amide) rings is 1. The van der Waals surface area contributed by atoms with Crippen molar-refractivity contribution in [1.29, 1.82) is 0 Å². The molecule has 1 aromatic carbocycles. The van der Waals surface area contributed by atoms with Gasteiger partial charge in [0.25, 0.3) is 5.91 Å². The third kappa shape index (κ3) is 2.48. The van der Waals surface area contributed by atoms with Gasteiger partial charge in [-0.25, -0.2) is 4.79 Å². The molecule has 0 saturated carbocycles. The molecule has 2 rings (SSSR count). The van der Waals surface area contributed by atoms with E-state index in [0.29, 0.717) is 5.02 Å². The topological polar surface area (TPSA) is 46.6 Å². The molecule has 0 bridgehead atoms. The number of amides is 1. The average molecular weight is 298 g/mol. The number of hydrogen-bond acceptors (Lipinski definition) is 4. The van der Waals surface area contributed by atoms with Gasteiger partial charge in [-0.05, 0) is 11.6 Å². The highest BCUT2D eigenvalue weighted by Gasteiger charge is 2.51. The van der Waals surface area contributed by atoms with E-state index in [2.05, 4.69) is 6.58 Å². The zero-order valence-electron chi connectivity index (χ0n) is 10.2. The Morgan fingerprint density at radius 2 is 2.21 bits per heavy atom. The molecule has 1 saturated heterocycles. The van der Waals surface area contributed by atoms with Crippen molar-refractivity contribution in [3.05, 3.63) is 47.5 Å². The Kier molecular flexibility index (Phi) is 4.17. The zero-order valence-corrected chi connectivity index (χ0v) is 11.8. The first-order valence-corrected chi connectivity index (χ1v) is 7.10. The van der Waals surface area contributed by atoms with Crippen LogP contribution in [0.5, 0.6) is 0 Å². The quantitative estimate of drug-likeness (QED) is 0.371. The number of halogens is 1. The highest BCUT2D eigenvalue weighted by molar-refractivity contribution is 7.96. The Morgan fingerprint density at radius 1 is 1.53 bits per heavy atom. The maximum Gasteiger partial charge on any atom is 0.331 e. The second-order valence-electron chi connectivity index (χ2n) is 3.87. The van der Waals surface area contributed by atoms with E-state index in [1.165, 1.54) is 11.9 Å². The normalized spacial score (nSPS) is 21.8. The fourth-order valence-corrected chi connectivity index (χ4v) is 2.92. The molecule has 2 atom stereocenters. The molecular formula is C13H12ClNO3S. The summed E-state index contributed by atoms with van der Waals surface area (Å²) in [4.78, 5) is 23.2. The largest absolute Gasteiger partial charge is 0.446 e. The van der Waals surface area contributed by atoms with Gasteiger partial charge in [-0.1, -0.05) is 48.3 Å².